The number of nitriles is 1. The van der Waals surface area contributed by atoms with E-state index in [1.165, 1.54) is 4.68 Å². The predicted octanol–water partition coefficient (Wildman–Crippen LogP) is 3.26. The maximum atomic E-state index is 12.3. The molecule has 5 heteroatoms. The Labute approximate surface area is 130 Å². The van der Waals surface area contributed by atoms with Gasteiger partial charge in [0.2, 0.25) is 0 Å². The van der Waals surface area contributed by atoms with E-state index in [0.717, 1.165) is 35.4 Å². The van der Waals surface area contributed by atoms with Crippen molar-refractivity contribution >= 4 is 6.03 Å². The summed E-state index contributed by atoms with van der Waals surface area (Å²) in [4.78, 5) is 12.3. The third-order valence-corrected chi connectivity index (χ3v) is 3.54. The number of hydrogen-bond donors (Lipinski definition) is 1. The molecule has 2 aromatic rings. The van der Waals surface area contributed by atoms with Crippen molar-refractivity contribution in [2.45, 2.75) is 33.6 Å². The van der Waals surface area contributed by atoms with Gasteiger partial charge in [-0.2, -0.15) is 15.0 Å². The molecule has 0 saturated carbocycles. The van der Waals surface area contributed by atoms with Crippen LogP contribution in [0.2, 0.25) is 0 Å². The average molecular weight is 296 g/mol. The standard InChI is InChI=1S/C17H20N4O/c1-4-10-19-17(22)21-16(15(5-2)12(3)20-21)14-8-6-13(11-18)7-9-14/h6-9H,4-5,10H2,1-3H3,(H,19,22). The number of nitrogens with zero attached hydrogens (tertiary/aromatic N) is 3. The molecule has 1 amide bonds. The van der Waals surface area contributed by atoms with Crippen LogP contribution in [0, 0.1) is 18.3 Å². The summed E-state index contributed by atoms with van der Waals surface area (Å²) in [6.45, 7) is 6.58. The summed E-state index contributed by atoms with van der Waals surface area (Å²) in [5.41, 5.74) is 4.20. The van der Waals surface area contributed by atoms with Crippen LogP contribution in [-0.2, 0) is 6.42 Å². The quantitative estimate of drug-likeness (QED) is 0.941. The second-order valence-corrected chi connectivity index (χ2v) is 5.10. The molecule has 0 atom stereocenters. The summed E-state index contributed by atoms with van der Waals surface area (Å²) in [6.07, 6.45) is 1.67. The fourth-order valence-corrected chi connectivity index (χ4v) is 2.44. The van der Waals surface area contributed by atoms with Crippen LogP contribution in [0.15, 0.2) is 24.3 Å². The van der Waals surface area contributed by atoms with E-state index in [1.807, 2.05) is 32.9 Å². The van der Waals surface area contributed by atoms with E-state index < -0.39 is 0 Å². The number of carbonyl (C=O) groups is 1. The van der Waals surface area contributed by atoms with E-state index in [-0.39, 0.29) is 6.03 Å². The highest BCUT2D eigenvalue weighted by molar-refractivity contribution is 5.83. The van der Waals surface area contributed by atoms with Crippen LogP contribution >= 0.6 is 0 Å². The largest absolute Gasteiger partial charge is 0.342 e. The van der Waals surface area contributed by atoms with Crippen molar-refractivity contribution in [2.75, 3.05) is 6.54 Å². The minimum Gasteiger partial charge on any atom is -0.336 e. The Kier molecular flexibility index (Phi) is 4.95. The fourth-order valence-electron chi connectivity index (χ4n) is 2.44. The molecule has 0 saturated heterocycles. The highest BCUT2D eigenvalue weighted by Gasteiger charge is 2.19. The summed E-state index contributed by atoms with van der Waals surface area (Å²) in [5.74, 6) is 0. The minimum absolute atomic E-state index is 0.219. The maximum Gasteiger partial charge on any atom is 0.342 e. The third-order valence-electron chi connectivity index (χ3n) is 3.54. The van der Waals surface area contributed by atoms with Crippen molar-refractivity contribution < 1.29 is 4.79 Å². The molecule has 1 heterocycles. The number of benzene rings is 1. The van der Waals surface area contributed by atoms with Crippen molar-refractivity contribution in [3.63, 3.8) is 0 Å². The van der Waals surface area contributed by atoms with Gasteiger partial charge < -0.3 is 5.32 Å². The lowest BCUT2D eigenvalue weighted by molar-refractivity contribution is 0.240. The van der Waals surface area contributed by atoms with E-state index in [4.69, 9.17) is 5.26 Å². The topological polar surface area (TPSA) is 70.7 Å². The molecule has 0 fully saturated rings. The van der Waals surface area contributed by atoms with Gasteiger partial charge in [-0.05, 0) is 31.9 Å². The molecule has 22 heavy (non-hydrogen) atoms. The van der Waals surface area contributed by atoms with Crippen molar-refractivity contribution in [3.8, 4) is 17.3 Å². The zero-order valence-corrected chi connectivity index (χ0v) is 13.2. The number of nitrogens with one attached hydrogen (secondary N) is 1. The van der Waals surface area contributed by atoms with E-state index in [2.05, 4.69) is 16.5 Å². The summed E-state index contributed by atoms with van der Waals surface area (Å²) < 4.78 is 1.44. The van der Waals surface area contributed by atoms with Crippen molar-refractivity contribution in [1.29, 1.82) is 5.26 Å². The summed E-state index contributed by atoms with van der Waals surface area (Å²) in [7, 11) is 0. The number of aryl methyl sites for hydroxylation is 1. The molecule has 1 aromatic heterocycles. The summed E-state index contributed by atoms with van der Waals surface area (Å²) in [5, 5.41) is 16.2. The lowest BCUT2D eigenvalue weighted by atomic mass is 10.0. The Balaban J connectivity index is 2.51. The SMILES string of the molecule is CCCNC(=O)n1nc(C)c(CC)c1-c1ccc(C#N)cc1. The summed E-state index contributed by atoms with van der Waals surface area (Å²) in [6, 6.07) is 9.11. The molecule has 5 nitrogen and oxygen atoms in total. The number of rotatable bonds is 4. The van der Waals surface area contributed by atoms with Gasteiger partial charge in [0.1, 0.15) is 0 Å². The van der Waals surface area contributed by atoms with Crippen molar-refractivity contribution in [3.05, 3.63) is 41.1 Å². The summed E-state index contributed by atoms with van der Waals surface area (Å²) >= 11 is 0. The normalized spacial score (nSPS) is 10.3. The molecular weight excluding hydrogens is 276 g/mol. The Morgan fingerprint density at radius 2 is 2.00 bits per heavy atom. The van der Waals surface area contributed by atoms with E-state index in [0.29, 0.717) is 12.1 Å². The van der Waals surface area contributed by atoms with Gasteiger partial charge in [-0.25, -0.2) is 4.79 Å². The van der Waals surface area contributed by atoms with E-state index in [1.54, 1.807) is 12.1 Å². The molecule has 1 aromatic carbocycles. The molecule has 0 spiro atoms. The maximum absolute atomic E-state index is 12.3. The van der Waals surface area contributed by atoms with Crippen LogP contribution in [0.1, 0.15) is 37.1 Å². The zero-order chi connectivity index (χ0) is 16.1. The minimum atomic E-state index is -0.219. The van der Waals surface area contributed by atoms with Gasteiger partial charge in [-0.3, -0.25) is 0 Å². The highest BCUT2D eigenvalue weighted by atomic mass is 16.2. The number of amides is 1. The molecule has 0 aliphatic rings. The van der Waals surface area contributed by atoms with Gasteiger partial charge in [0, 0.05) is 17.7 Å². The molecule has 1 N–H and O–H groups in total. The molecule has 2 rings (SSSR count). The van der Waals surface area contributed by atoms with Crippen LogP contribution in [-0.4, -0.2) is 22.4 Å². The van der Waals surface area contributed by atoms with Gasteiger partial charge in [0.25, 0.3) is 0 Å². The number of aromatic nitrogens is 2. The Bertz CT molecular complexity index is 707. The molecular formula is C17H20N4O. The van der Waals surface area contributed by atoms with Gasteiger partial charge in [0.05, 0.1) is 23.0 Å². The van der Waals surface area contributed by atoms with Gasteiger partial charge >= 0.3 is 6.03 Å². The molecule has 114 valence electrons. The van der Waals surface area contributed by atoms with Crippen LogP contribution < -0.4 is 5.32 Å². The number of carbonyl (C=O) groups excluding carboxylic acids is 1. The zero-order valence-electron chi connectivity index (χ0n) is 13.2. The van der Waals surface area contributed by atoms with Gasteiger partial charge in [-0.1, -0.05) is 26.0 Å². The first-order chi connectivity index (χ1) is 10.6. The molecule has 0 unspecified atom stereocenters. The van der Waals surface area contributed by atoms with Crippen LogP contribution in [0.25, 0.3) is 11.3 Å². The first kappa shape index (κ1) is 15.8. The molecule has 0 aliphatic heterocycles. The van der Waals surface area contributed by atoms with E-state index >= 15 is 0 Å². The van der Waals surface area contributed by atoms with Crippen LogP contribution in [0.4, 0.5) is 4.79 Å². The molecule has 0 aliphatic carbocycles. The van der Waals surface area contributed by atoms with Gasteiger partial charge in [-0.15, -0.1) is 0 Å². The lowest BCUT2D eigenvalue weighted by Gasteiger charge is -2.09. The predicted molar refractivity (Wildman–Crippen MR) is 85.6 cm³/mol. The first-order valence-corrected chi connectivity index (χ1v) is 7.49. The molecule has 0 radical (unpaired) electrons. The second kappa shape index (κ2) is 6.90. The second-order valence-electron chi connectivity index (χ2n) is 5.10. The third kappa shape index (κ3) is 3.01. The van der Waals surface area contributed by atoms with Crippen molar-refractivity contribution in [2.24, 2.45) is 0 Å². The average Bonchev–Trinajstić information content (AvgIpc) is 2.89. The monoisotopic (exact) mass is 296 g/mol. The Morgan fingerprint density at radius 3 is 2.55 bits per heavy atom. The Morgan fingerprint density at radius 1 is 1.32 bits per heavy atom. The Hall–Kier alpha value is -2.61. The van der Waals surface area contributed by atoms with Crippen molar-refractivity contribution in [1.82, 2.24) is 15.1 Å². The molecule has 0 bridgehead atoms. The van der Waals surface area contributed by atoms with E-state index in [9.17, 15) is 4.79 Å². The highest BCUT2D eigenvalue weighted by Crippen LogP contribution is 2.27. The van der Waals surface area contributed by atoms with Crippen LogP contribution in [0.3, 0.4) is 0 Å². The lowest BCUT2D eigenvalue weighted by Crippen LogP contribution is -2.30. The van der Waals surface area contributed by atoms with Crippen LogP contribution in [0.5, 0.6) is 0 Å². The number of hydrogen-bond acceptors (Lipinski definition) is 3. The smallest absolute Gasteiger partial charge is 0.336 e. The first-order valence-electron chi connectivity index (χ1n) is 7.49. The van der Waals surface area contributed by atoms with Gasteiger partial charge in [0.15, 0.2) is 0 Å². The fraction of sp³-hybridized carbons (Fsp3) is 0.353.